The molecule has 0 unspecified atom stereocenters. The lowest BCUT2D eigenvalue weighted by Crippen LogP contribution is -1.91. The molecule has 0 radical (unpaired) electrons. The summed E-state index contributed by atoms with van der Waals surface area (Å²) in [7, 11) is 0. The van der Waals surface area contributed by atoms with Gasteiger partial charge in [0.05, 0.1) is 0 Å². The molecule has 2 N–H and O–H groups in total. The summed E-state index contributed by atoms with van der Waals surface area (Å²) in [6.45, 7) is 0. The van der Waals surface area contributed by atoms with Crippen LogP contribution in [0.3, 0.4) is 0 Å². The van der Waals surface area contributed by atoms with Crippen molar-refractivity contribution in [2.24, 2.45) is 0 Å². The number of anilines is 1. The van der Waals surface area contributed by atoms with Crippen molar-refractivity contribution in [3.8, 4) is 0 Å². The van der Waals surface area contributed by atoms with E-state index in [0.717, 1.165) is 16.6 Å². The van der Waals surface area contributed by atoms with Crippen LogP contribution in [0.4, 0.5) is 5.69 Å². The molecule has 0 amide bonds. The highest BCUT2D eigenvalue weighted by Crippen LogP contribution is 2.22. The highest BCUT2D eigenvalue weighted by atomic mass is 79.9. The van der Waals surface area contributed by atoms with Crippen LogP contribution in [-0.2, 0) is 6.42 Å². The molecule has 0 heterocycles. The molecule has 0 atom stereocenters. The topological polar surface area (TPSA) is 26.0 Å². The van der Waals surface area contributed by atoms with E-state index in [1.165, 1.54) is 11.1 Å². The zero-order valence-electron chi connectivity index (χ0n) is 8.28. The average molecular weight is 262 g/mol. The Bertz CT molecular complexity index is 451. The molecule has 0 aromatic heterocycles. The predicted octanol–water partition coefficient (Wildman–Crippen LogP) is 3.62. The van der Waals surface area contributed by atoms with Gasteiger partial charge in [0.15, 0.2) is 0 Å². The van der Waals surface area contributed by atoms with Crippen molar-refractivity contribution in [2.45, 2.75) is 6.42 Å². The summed E-state index contributed by atoms with van der Waals surface area (Å²) in [5.41, 5.74) is 9.05. The molecule has 2 aromatic rings. The van der Waals surface area contributed by atoms with Crippen molar-refractivity contribution in [3.05, 3.63) is 64.1 Å². The number of benzene rings is 2. The maximum absolute atomic E-state index is 5.69. The van der Waals surface area contributed by atoms with Crippen molar-refractivity contribution in [3.63, 3.8) is 0 Å². The van der Waals surface area contributed by atoms with Gasteiger partial charge in [0, 0.05) is 10.2 Å². The zero-order chi connectivity index (χ0) is 10.7. The Hall–Kier alpha value is -1.28. The number of halogens is 1. The van der Waals surface area contributed by atoms with Gasteiger partial charge in [-0.15, -0.1) is 0 Å². The van der Waals surface area contributed by atoms with Crippen molar-refractivity contribution in [1.82, 2.24) is 0 Å². The Morgan fingerprint density at radius 3 is 2.40 bits per heavy atom. The highest BCUT2D eigenvalue weighted by molar-refractivity contribution is 9.10. The standard InChI is InChI=1S/C13H12BrN/c14-13-9-12(15)7-6-11(13)8-10-4-2-1-3-5-10/h1-7,9H,8,15H2. The first-order chi connectivity index (χ1) is 7.25. The van der Waals surface area contributed by atoms with Crippen molar-refractivity contribution in [2.75, 3.05) is 5.73 Å². The predicted molar refractivity (Wildman–Crippen MR) is 67.8 cm³/mol. The van der Waals surface area contributed by atoms with Crippen LogP contribution < -0.4 is 5.73 Å². The fourth-order valence-electron chi connectivity index (χ4n) is 1.52. The third kappa shape index (κ3) is 2.60. The van der Waals surface area contributed by atoms with Crippen molar-refractivity contribution >= 4 is 21.6 Å². The fourth-order valence-corrected chi connectivity index (χ4v) is 2.06. The van der Waals surface area contributed by atoms with Gasteiger partial charge in [0.1, 0.15) is 0 Å². The van der Waals surface area contributed by atoms with E-state index < -0.39 is 0 Å². The monoisotopic (exact) mass is 261 g/mol. The number of rotatable bonds is 2. The summed E-state index contributed by atoms with van der Waals surface area (Å²) < 4.78 is 1.08. The normalized spacial score (nSPS) is 10.2. The van der Waals surface area contributed by atoms with Crippen LogP contribution in [0.1, 0.15) is 11.1 Å². The van der Waals surface area contributed by atoms with Crippen LogP contribution in [0.5, 0.6) is 0 Å². The molecule has 0 aliphatic carbocycles. The first kappa shape index (κ1) is 10.2. The molecule has 0 saturated heterocycles. The number of nitrogens with two attached hydrogens (primary N) is 1. The van der Waals surface area contributed by atoms with E-state index in [2.05, 4.69) is 46.3 Å². The fraction of sp³-hybridized carbons (Fsp3) is 0.0769. The van der Waals surface area contributed by atoms with E-state index in [4.69, 9.17) is 5.73 Å². The van der Waals surface area contributed by atoms with E-state index in [1.54, 1.807) is 0 Å². The van der Waals surface area contributed by atoms with Gasteiger partial charge in [-0.1, -0.05) is 52.3 Å². The molecular formula is C13H12BrN. The molecule has 15 heavy (non-hydrogen) atoms. The van der Waals surface area contributed by atoms with E-state index in [-0.39, 0.29) is 0 Å². The number of hydrogen-bond donors (Lipinski definition) is 1. The molecule has 2 rings (SSSR count). The lowest BCUT2D eigenvalue weighted by molar-refractivity contribution is 1.18. The first-order valence-corrected chi connectivity index (χ1v) is 5.63. The van der Waals surface area contributed by atoms with Crippen LogP contribution in [0.2, 0.25) is 0 Å². The molecule has 0 fully saturated rings. The number of nitrogen functional groups attached to an aromatic ring is 1. The third-order valence-corrected chi connectivity index (χ3v) is 3.05. The summed E-state index contributed by atoms with van der Waals surface area (Å²) >= 11 is 3.52. The molecule has 2 aromatic carbocycles. The second kappa shape index (κ2) is 4.49. The quantitative estimate of drug-likeness (QED) is 0.822. The second-order valence-electron chi connectivity index (χ2n) is 3.51. The van der Waals surface area contributed by atoms with Crippen LogP contribution in [0, 0.1) is 0 Å². The van der Waals surface area contributed by atoms with E-state index in [0.29, 0.717) is 0 Å². The van der Waals surface area contributed by atoms with Crippen LogP contribution in [0.15, 0.2) is 53.0 Å². The van der Waals surface area contributed by atoms with Crippen molar-refractivity contribution in [1.29, 1.82) is 0 Å². The highest BCUT2D eigenvalue weighted by Gasteiger charge is 2.01. The van der Waals surface area contributed by atoms with Gasteiger partial charge < -0.3 is 5.73 Å². The van der Waals surface area contributed by atoms with Crippen LogP contribution in [-0.4, -0.2) is 0 Å². The second-order valence-corrected chi connectivity index (χ2v) is 4.37. The van der Waals surface area contributed by atoms with E-state index in [9.17, 15) is 0 Å². The maximum atomic E-state index is 5.69. The van der Waals surface area contributed by atoms with Gasteiger partial charge in [-0.05, 0) is 29.7 Å². The van der Waals surface area contributed by atoms with Gasteiger partial charge in [-0.25, -0.2) is 0 Å². The summed E-state index contributed by atoms with van der Waals surface area (Å²) in [6, 6.07) is 16.3. The van der Waals surface area contributed by atoms with Gasteiger partial charge in [0.25, 0.3) is 0 Å². The molecule has 1 nitrogen and oxygen atoms in total. The zero-order valence-corrected chi connectivity index (χ0v) is 9.87. The van der Waals surface area contributed by atoms with Gasteiger partial charge >= 0.3 is 0 Å². The smallest absolute Gasteiger partial charge is 0.0325 e. The molecule has 0 saturated carbocycles. The third-order valence-electron chi connectivity index (χ3n) is 2.31. The van der Waals surface area contributed by atoms with Crippen LogP contribution >= 0.6 is 15.9 Å². The largest absolute Gasteiger partial charge is 0.399 e. The molecule has 2 heteroatoms. The summed E-state index contributed by atoms with van der Waals surface area (Å²) in [5.74, 6) is 0. The minimum absolute atomic E-state index is 0.790. The van der Waals surface area contributed by atoms with Gasteiger partial charge in [-0.2, -0.15) is 0 Å². The maximum Gasteiger partial charge on any atom is 0.0325 e. The average Bonchev–Trinajstić information content (AvgIpc) is 2.24. The summed E-state index contributed by atoms with van der Waals surface area (Å²) in [5, 5.41) is 0. The van der Waals surface area contributed by atoms with E-state index >= 15 is 0 Å². The molecule has 0 bridgehead atoms. The Morgan fingerprint density at radius 1 is 1.00 bits per heavy atom. The minimum Gasteiger partial charge on any atom is -0.399 e. The molecule has 0 spiro atoms. The molecule has 76 valence electrons. The van der Waals surface area contributed by atoms with E-state index in [1.807, 2.05) is 18.2 Å². The molecular weight excluding hydrogens is 250 g/mol. The molecule has 0 aliphatic heterocycles. The first-order valence-electron chi connectivity index (χ1n) is 4.83. The van der Waals surface area contributed by atoms with Gasteiger partial charge in [0.2, 0.25) is 0 Å². The summed E-state index contributed by atoms with van der Waals surface area (Å²) in [4.78, 5) is 0. The minimum atomic E-state index is 0.790. The Balaban J connectivity index is 2.25. The van der Waals surface area contributed by atoms with Gasteiger partial charge in [-0.3, -0.25) is 0 Å². The Kier molecular flexibility index (Phi) is 3.07. The number of hydrogen-bond acceptors (Lipinski definition) is 1. The summed E-state index contributed by atoms with van der Waals surface area (Å²) in [6.07, 6.45) is 0.932. The SMILES string of the molecule is Nc1ccc(Cc2ccccc2)c(Br)c1. The lowest BCUT2D eigenvalue weighted by Gasteiger charge is -2.05. The lowest BCUT2D eigenvalue weighted by atomic mass is 10.1. The van der Waals surface area contributed by atoms with Crippen LogP contribution in [0.25, 0.3) is 0 Å². The van der Waals surface area contributed by atoms with Crippen molar-refractivity contribution < 1.29 is 0 Å². The Morgan fingerprint density at radius 2 is 1.73 bits per heavy atom. The Labute approximate surface area is 98.1 Å². The molecule has 0 aliphatic rings.